The van der Waals surface area contributed by atoms with Gasteiger partial charge in [-0.05, 0) is 49.4 Å². The number of benzene rings is 1. The van der Waals surface area contributed by atoms with Gasteiger partial charge in [-0.1, -0.05) is 37.6 Å². The minimum atomic E-state index is 0.222. The molecule has 1 N–H and O–H groups in total. The standard InChI is InChI=1S/C18H26N2O/c1-14-11-17(14)18(21)19-12-15-5-7-16(8-6-15)13-20-9-3-2-4-10-20/h5-8,14,17H,2-4,9-13H2,1H3,(H,19,21). The largest absolute Gasteiger partial charge is 0.352 e. The van der Waals surface area contributed by atoms with Gasteiger partial charge in [-0.2, -0.15) is 0 Å². The van der Waals surface area contributed by atoms with Crippen LogP contribution < -0.4 is 5.32 Å². The number of piperidine rings is 1. The van der Waals surface area contributed by atoms with Crippen molar-refractivity contribution < 1.29 is 4.79 Å². The number of carbonyl (C=O) groups is 1. The molecule has 0 bridgehead atoms. The fourth-order valence-electron chi connectivity index (χ4n) is 3.15. The van der Waals surface area contributed by atoms with E-state index in [1.807, 2.05) is 0 Å². The number of carbonyl (C=O) groups excluding carboxylic acids is 1. The lowest BCUT2D eigenvalue weighted by Crippen LogP contribution is -2.29. The Hall–Kier alpha value is -1.35. The molecule has 2 unspecified atom stereocenters. The van der Waals surface area contributed by atoms with Crippen LogP contribution in [0.1, 0.15) is 43.7 Å². The van der Waals surface area contributed by atoms with Gasteiger partial charge in [0.15, 0.2) is 0 Å². The quantitative estimate of drug-likeness (QED) is 0.902. The van der Waals surface area contributed by atoms with E-state index in [0.717, 1.165) is 13.0 Å². The molecular weight excluding hydrogens is 260 g/mol. The second-order valence-corrected chi connectivity index (χ2v) is 6.69. The number of hydrogen-bond donors (Lipinski definition) is 1. The molecule has 1 amide bonds. The van der Waals surface area contributed by atoms with Crippen LogP contribution >= 0.6 is 0 Å². The first kappa shape index (κ1) is 14.6. The monoisotopic (exact) mass is 286 g/mol. The Kier molecular flexibility index (Phi) is 4.59. The third-order valence-electron chi connectivity index (χ3n) is 4.79. The third-order valence-corrected chi connectivity index (χ3v) is 4.79. The molecule has 0 radical (unpaired) electrons. The normalized spacial score (nSPS) is 25.6. The van der Waals surface area contributed by atoms with Gasteiger partial charge in [0.1, 0.15) is 0 Å². The van der Waals surface area contributed by atoms with Crippen LogP contribution in [0.4, 0.5) is 0 Å². The number of amides is 1. The molecule has 1 aliphatic heterocycles. The summed E-state index contributed by atoms with van der Waals surface area (Å²) in [5.74, 6) is 1.07. The predicted molar refractivity (Wildman–Crippen MR) is 84.7 cm³/mol. The van der Waals surface area contributed by atoms with Gasteiger partial charge >= 0.3 is 0 Å². The van der Waals surface area contributed by atoms with Gasteiger partial charge < -0.3 is 5.32 Å². The number of nitrogens with one attached hydrogen (secondary N) is 1. The summed E-state index contributed by atoms with van der Waals surface area (Å²) < 4.78 is 0. The van der Waals surface area contributed by atoms with Crippen molar-refractivity contribution in [1.82, 2.24) is 10.2 Å². The lowest BCUT2D eigenvalue weighted by molar-refractivity contribution is -0.122. The Morgan fingerprint density at radius 1 is 1.14 bits per heavy atom. The zero-order valence-corrected chi connectivity index (χ0v) is 13.0. The maximum Gasteiger partial charge on any atom is 0.223 e. The highest BCUT2D eigenvalue weighted by Crippen LogP contribution is 2.37. The Bertz CT molecular complexity index is 476. The van der Waals surface area contributed by atoms with Crippen molar-refractivity contribution in [2.45, 2.75) is 45.7 Å². The van der Waals surface area contributed by atoms with Crippen LogP contribution in [0.2, 0.25) is 0 Å². The first-order valence-corrected chi connectivity index (χ1v) is 8.30. The van der Waals surface area contributed by atoms with Gasteiger partial charge in [-0.15, -0.1) is 0 Å². The maximum absolute atomic E-state index is 11.8. The molecule has 3 rings (SSSR count). The van der Waals surface area contributed by atoms with E-state index in [9.17, 15) is 4.79 Å². The van der Waals surface area contributed by atoms with Gasteiger partial charge in [-0.25, -0.2) is 0 Å². The van der Waals surface area contributed by atoms with E-state index in [-0.39, 0.29) is 11.8 Å². The van der Waals surface area contributed by atoms with E-state index >= 15 is 0 Å². The van der Waals surface area contributed by atoms with Crippen LogP contribution in [-0.2, 0) is 17.9 Å². The molecule has 1 aliphatic carbocycles. The van der Waals surface area contributed by atoms with Crippen LogP contribution in [-0.4, -0.2) is 23.9 Å². The summed E-state index contributed by atoms with van der Waals surface area (Å²) in [6.07, 6.45) is 5.11. The zero-order valence-electron chi connectivity index (χ0n) is 13.0. The molecule has 2 atom stereocenters. The Morgan fingerprint density at radius 3 is 2.38 bits per heavy atom. The molecular formula is C18H26N2O. The molecule has 1 aromatic rings. The molecule has 0 aromatic heterocycles. The van der Waals surface area contributed by atoms with Crippen molar-refractivity contribution in [2.75, 3.05) is 13.1 Å². The fraction of sp³-hybridized carbons (Fsp3) is 0.611. The Balaban J connectivity index is 1.46. The summed E-state index contributed by atoms with van der Waals surface area (Å²) in [4.78, 5) is 14.3. The first-order valence-electron chi connectivity index (χ1n) is 8.30. The minimum Gasteiger partial charge on any atom is -0.352 e. The Morgan fingerprint density at radius 2 is 1.76 bits per heavy atom. The molecule has 0 spiro atoms. The van der Waals surface area contributed by atoms with E-state index in [2.05, 4.69) is 41.4 Å². The van der Waals surface area contributed by atoms with E-state index in [4.69, 9.17) is 0 Å². The molecule has 2 aliphatic rings. The van der Waals surface area contributed by atoms with Crippen LogP contribution in [0, 0.1) is 11.8 Å². The third kappa shape index (κ3) is 4.07. The van der Waals surface area contributed by atoms with Crippen molar-refractivity contribution in [3.63, 3.8) is 0 Å². The van der Waals surface area contributed by atoms with E-state index in [1.54, 1.807) is 0 Å². The average molecular weight is 286 g/mol. The number of hydrogen-bond acceptors (Lipinski definition) is 2. The van der Waals surface area contributed by atoms with Crippen LogP contribution in [0.15, 0.2) is 24.3 Å². The van der Waals surface area contributed by atoms with Crippen molar-refractivity contribution in [2.24, 2.45) is 11.8 Å². The highest BCUT2D eigenvalue weighted by molar-refractivity contribution is 5.81. The van der Waals surface area contributed by atoms with E-state index < -0.39 is 0 Å². The lowest BCUT2D eigenvalue weighted by Gasteiger charge is -2.26. The summed E-state index contributed by atoms with van der Waals surface area (Å²) >= 11 is 0. The van der Waals surface area contributed by atoms with Gasteiger partial charge in [0, 0.05) is 19.0 Å². The molecule has 1 heterocycles. The van der Waals surface area contributed by atoms with Crippen molar-refractivity contribution in [3.05, 3.63) is 35.4 Å². The van der Waals surface area contributed by atoms with Crippen LogP contribution in [0.25, 0.3) is 0 Å². The van der Waals surface area contributed by atoms with Crippen molar-refractivity contribution in [3.8, 4) is 0 Å². The highest BCUT2D eigenvalue weighted by atomic mass is 16.2. The number of likely N-dealkylation sites (tertiary alicyclic amines) is 1. The molecule has 3 heteroatoms. The molecule has 3 nitrogen and oxygen atoms in total. The molecule has 2 fully saturated rings. The molecule has 1 aromatic carbocycles. The number of rotatable bonds is 5. The second kappa shape index (κ2) is 6.61. The van der Waals surface area contributed by atoms with Gasteiger partial charge in [0.2, 0.25) is 5.91 Å². The van der Waals surface area contributed by atoms with E-state index in [0.29, 0.717) is 12.5 Å². The van der Waals surface area contributed by atoms with Gasteiger partial charge in [0.25, 0.3) is 0 Å². The SMILES string of the molecule is CC1CC1C(=O)NCc1ccc(CN2CCCCC2)cc1. The Labute approximate surface area is 127 Å². The average Bonchev–Trinajstić information content (AvgIpc) is 3.24. The minimum absolute atomic E-state index is 0.222. The summed E-state index contributed by atoms with van der Waals surface area (Å²) in [5, 5.41) is 3.04. The zero-order chi connectivity index (χ0) is 14.7. The lowest BCUT2D eigenvalue weighted by atomic mass is 10.1. The van der Waals surface area contributed by atoms with Crippen LogP contribution in [0.5, 0.6) is 0 Å². The molecule has 114 valence electrons. The predicted octanol–water partition coefficient (Wildman–Crippen LogP) is 2.94. The fourth-order valence-corrected chi connectivity index (χ4v) is 3.15. The topological polar surface area (TPSA) is 32.3 Å². The summed E-state index contributed by atoms with van der Waals surface area (Å²) in [7, 11) is 0. The molecule has 1 saturated carbocycles. The number of nitrogens with zero attached hydrogens (tertiary/aromatic N) is 1. The van der Waals surface area contributed by atoms with Crippen molar-refractivity contribution >= 4 is 5.91 Å². The van der Waals surface area contributed by atoms with Crippen molar-refractivity contribution in [1.29, 1.82) is 0 Å². The summed E-state index contributed by atoms with van der Waals surface area (Å²) in [6.45, 7) is 6.33. The van der Waals surface area contributed by atoms with Crippen LogP contribution in [0.3, 0.4) is 0 Å². The molecule has 21 heavy (non-hydrogen) atoms. The van der Waals surface area contributed by atoms with Gasteiger partial charge in [0.05, 0.1) is 0 Å². The second-order valence-electron chi connectivity index (χ2n) is 6.69. The summed E-state index contributed by atoms with van der Waals surface area (Å²) in [5.41, 5.74) is 2.57. The smallest absolute Gasteiger partial charge is 0.223 e. The van der Waals surface area contributed by atoms with E-state index in [1.165, 1.54) is 43.5 Å². The summed E-state index contributed by atoms with van der Waals surface area (Å²) in [6, 6.07) is 8.71. The maximum atomic E-state index is 11.8. The van der Waals surface area contributed by atoms with Gasteiger partial charge in [-0.3, -0.25) is 9.69 Å². The highest BCUT2D eigenvalue weighted by Gasteiger charge is 2.38. The molecule has 1 saturated heterocycles. The first-order chi connectivity index (χ1) is 10.2.